The summed E-state index contributed by atoms with van der Waals surface area (Å²) in [6.45, 7) is 0.679. The summed E-state index contributed by atoms with van der Waals surface area (Å²) in [5, 5.41) is 5.74. The lowest BCUT2D eigenvalue weighted by Gasteiger charge is -2.19. The Morgan fingerprint density at radius 1 is 1.35 bits per heavy atom. The van der Waals surface area contributed by atoms with Crippen LogP contribution in [0.4, 0.5) is 10.5 Å². The van der Waals surface area contributed by atoms with Crippen LogP contribution in [0.25, 0.3) is 0 Å². The van der Waals surface area contributed by atoms with E-state index in [1.807, 2.05) is 0 Å². The predicted molar refractivity (Wildman–Crippen MR) is 90.6 cm³/mol. The molecule has 0 radical (unpaired) electrons. The minimum atomic E-state index is -3.43. The minimum Gasteiger partial charge on any atom is -0.338 e. The number of urea groups is 1. The van der Waals surface area contributed by atoms with Crippen molar-refractivity contribution in [2.75, 3.05) is 18.1 Å². The van der Waals surface area contributed by atoms with Gasteiger partial charge in [0, 0.05) is 18.5 Å². The fourth-order valence-corrected chi connectivity index (χ4v) is 4.91. The van der Waals surface area contributed by atoms with E-state index in [0.29, 0.717) is 23.6 Å². The molecule has 2 saturated carbocycles. The van der Waals surface area contributed by atoms with Crippen LogP contribution in [0, 0.1) is 11.3 Å². The molecule has 1 aromatic rings. The van der Waals surface area contributed by atoms with Gasteiger partial charge in [0.2, 0.25) is 0 Å². The Morgan fingerprint density at radius 2 is 2.09 bits per heavy atom. The second-order valence-electron chi connectivity index (χ2n) is 6.70. The third kappa shape index (κ3) is 3.63. The molecule has 2 N–H and O–H groups in total. The van der Waals surface area contributed by atoms with Crippen LogP contribution in [0.2, 0.25) is 5.02 Å². The highest BCUT2D eigenvalue weighted by Crippen LogP contribution is 2.60. The number of hydrogen-bond donors (Lipinski definition) is 2. The van der Waals surface area contributed by atoms with Crippen LogP contribution < -0.4 is 10.6 Å². The maximum absolute atomic E-state index is 12.0. The number of carbonyl (C=O) groups is 1. The van der Waals surface area contributed by atoms with Gasteiger partial charge in [0.25, 0.3) is 0 Å². The number of carbonyl (C=O) groups excluding carboxylic acids is 1. The lowest BCUT2D eigenvalue weighted by molar-refractivity contribution is 0.247. The van der Waals surface area contributed by atoms with Crippen molar-refractivity contribution >= 4 is 33.2 Å². The molecule has 2 amide bonds. The predicted octanol–water partition coefficient (Wildman–Crippen LogP) is 3.45. The molecule has 7 heteroatoms. The lowest BCUT2D eigenvalue weighted by Crippen LogP contribution is -2.34. The first kappa shape index (κ1) is 16.6. The molecule has 23 heavy (non-hydrogen) atoms. The fraction of sp³-hybridized carbons (Fsp3) is 0.562. The second kappa shape index (κ2) is 5.98. The van der Waals surface area contributed by atoms with Gasteiger partial charge in [-0.1, -0.05) is 18.0 Å². The number of amides is 2. The maximum Gasteiger partial charge on any atom is 0.319 e. The summed E-state index contributed by atoms with van der Waals surface area (Å²) in [5.41, 5.74) is 0.914. The van der Waals surface area contributed by atoms with E-state index in [9.17, 15) is 13.2 Å². The third-order valence-corrected chi connectivity index (χ3v) is 6.66. The molecule has 2 aliphatic carbocycles. The van der Waals surface area contributed by atoms with Crippen molar-refractivity contribution in [3.63, 3.8) is 0 Å². The number of rotatable bonds is 4. The Balaban J connectivity index is 1.60. The first-order valence-electron chi connectivity index (χ1n) is 7.85. The van der Waals surface area contributed by atoms with Crippen LogP contribution in [-0.2, 0) is 9.84 Å². The van der Waals surface area contributed by atoms with Gasteiger partial charge in [-0.05, 0) is 55.2 Å². The van der Waals surface area contributed by atoms with Crippen LogP contribution >= 0.6 is 11.6 Å². The Morgan fingerprint density at radius 3 is 2.74 bits per heavy atom. The largest absolute Gasteiger partial charge is 0.338 e. The van der Waals surface area contributed by atoms with Crippen molar-refractivity contribution < 1.29 is 13.2 Å². The lowest BCUT2D eigenvalue weighted by atomic mass is 9.93. The van der Waals surface area contributed by atoms with Crippen molar-refractivity contribution in [2.24, 2.45) is 11.3 Å². The number of anilines is 1. The van der Waals surface area contributed by atoms with E-state index in [1.54, 1.807) is 6.07 Å². The molecule has 0 heterocycles. The monoisotopic (exact) mass is 356 g/mol. The molecule has 2 aliphatic rings. The van der Waals surface area contributed by atoms with Crippen molar-refractivity contribution in [2.45, 2.75) is 37.0 Å². The summed E-state index contributed by atoms with van der Waals surface area (Å²) in [4.78, 5) is 12.1. The van der Waals surface area contributed by atoms with Crippen LogP contribution in [0.15, 0.2) is 23.1 Å². The minimum absolute atomic E-state index is 0.0182. The van der Waals surface area contributed by atoms with E-state index in [4.69, 9.17) is 11.6 Å². The Labute approximate surface area is 141 Å². The zero-order chi connectivity index (χ0) is 16.7. The van der Waals surface area contributed by atoms with Crippen LogP contribution in [-0.4, -0.2) is 27.2 Å². The molecule has 1 spiro atoms. The molecular weight excluding hydrogens is 336 g/mol. The number of hydrogen-bond acceptors (Lipinski definition) is 3. The van der Waals surface area contributed by atoms with Gasteiger partial charge in [-0.25, -0.2) is 13.2 Å². The zero-order valence-corrected chi connectivity index (χ0v) is 14.6. The van der Waals surface area contributed by atoms with Gasteiger partial charge in [-0.2, -0.15) is 0 Å². The van der Waals surface area contributed by atoms with E-state index < -0.39 is 9.84 Å². The quantitative estimate of drug-likeness (QED) is 0.867. The van der Waals surface area contributed by atoms with Crippen molar-refractivity contribution in [3.8, 4) is 0 Å². The van der Waals surface area contributed by atoms with Crippen molar-refractivity contribution in [1.82, 2.24) is 5.32 Å². The number of nitrogens with one attached hydrogen (secondary N) is 2. The molecular formula is C16H21ClN2O3S. The third-order valence-electron chi connectivity index (χ3n) is 5.08. The van der Waals surface area contributed by atoms with Gasteiger partial charge in [0.15, 0.2) is 9.84 Å². The molecule has 0 bridgehead atoms. The van der Waals surface area contributed by atoms with E-state index in [0.717, 1.165) is 6.26 Å². The molecule has 1 aromatic carbocycles. The summed E-state index contributed by atoms with van der Waals surface area (Å²) in [6, 6.07) is 4.14. The second-order valence-corrected chi connectivity index (χ2v) is 9.10. The molecule has 1 unspecified atom stereocenters. The molecule has 126 valence electrons. The SMILES string of the molecule is CS(=O)(=O)c1cc(NC(=O)NCC2CCCC23CC3)ccc1Cl. The van der Waals surface area contributed by atoms with Gasteiger partial charge in [-0.3, -0.25) is 0 Å². The summed E-state index contributed by atoms with van der Waals surface area (Å²) in [5.74, 6) is 0.574. The van der Waals surface area contributed by atoms with Gasteiger partial charge >= 0.3 is 6.03 Å². The number of benzene rings is 1. The van der Waals surface area contributed by atoms with Gasteiger partial charge in [0.1, 0.15) is 0 Å². The summed E-state index contributed by atoms with van der Waals surface area (Å²) < 4.78 is 23.3. The zero-order valence-electron chi connectivity index (χ0n) is 13.1. The van der Waals surface area contributed by atoms with Crippen LogP contribution in [0.1, 0.15) is 32.1 Å². The Hall–Kier alpha value is -1.27. The van der Waals surface area contributed by atoms with E-state index >= 15 is 0 Å². The molecule has 1 atom stereocenters. The average molecular weight is 357 g/mol. The Bertz CT molecular complexity index is 729. The molecule has 0 saturated heterocycles. The normalized spacial score (nSPS) is 22.1. The van der Waals surface area contributed by atoms with Gasteiger partial charge in [0.05, 0.1) is 9.92 Å². The maximum atomic E-state index is 12.0. The highest BCUT2D eigenvalue weighted by atomic mass is 35.5. The highest BCUT2D eigenvalue weighted by Gasteiger charge is 2.51. The standard InChI is InChI=1S/C16H21ClN2O3S/c1-23(21,22)14-9-12(4-5-13(14)17)19-15(20)18-10-11-3-2-6-16(11)7-8-16/h4-5,9,11H,2-3,6-8,10H2,1H3,(H2,18,19,20). The molecule has 3 rings (SSSR count). The number of sulfone groups is 1. The fourth-order valence-electron chi connectivity index (χ4n) is 3.60. The first-order chi connectivity index (χ1) is 10.8. The Kier molecular flexibility index (Phi) is 4.31. The summed E-state index contributed by atoms with van der Waals surface area (Å²) in [6.07, 6.45) is 7.39. The molecule has 0 aromatic heterocycles. The number of halogens is 1. The molecule has 0 aliphatic heterocycles. The topological polar surface area (TPSA) is 75.3 Å². The van der Waals surface area contributed by atoms with E-state index in [1.165, 1.54) is 44.2 Å². The highest BCUT2D eigenvalue weighted by molar-refractivity contribution is 7.90. The smallest absolute Gasteiger partial charge is 0.319 e. The summed E-state index contributed by atoms with van der Waals surface area (Å²) >= 11 is 5.90. The van der Waals surface area contributed by atoms with Gasteiger partial charge < -0.3 is 10.6 Å². The molecule has 2 fully saturated rings. The molecule has 5 nitrogen and oxygen atoms in total. The van der Waals surface area contributed by atoms with E-state index in [-0.39, 0.29) is 15.9 Å². The van der Waals surface area contributed by atoms with Crippen molar-refractivity contribution in [1.29, 1.82) is 0 Å². The van der Waals surface area contributed by atoms with Gasteiger partial charge in [-0.15, -0.1) is 0 Å². The first-order valence-corrected chi connectivity index (χ1v) is 10.1. The van der Waals surface area contributed by atoms with Crippen molar-refractivity contribution in [3.05, 3.63) is 23.2 Å². The van der Waals surface area contributed by atoms with Crippen LogP contribution in [0.5, 0.6) is 0 Å². The van der Waals surface area contributed by atoms with Crippen LogP contribution in [0.3, 0.4) is 0 Å². The van der Waals surface area contributed by atoms with E-state index in [2.05, 4.69) is 10.6 Å². The average Bonchev–Trinajstić information content (AvgIpc) is 3.12. The summed E-state index contributed by atoms with van der Waals surface area (Å²) in [7, 11) is -3.43.